The Morgan fingerprint density at radius 1 is 0.882 bits per heavy atom. The van der Waals surface area contributed by atoms with Gasteiger partial charge in [0.2, 0.25) is 29.5 Å². The molecule has 0 unspecified atom stereocenters. The van der Waals surface area contributed by atoms with E-state index in [9.17, 15) is 29.1 Å². The van der Waals surface area contributed by atoms with Crippen LogP contribution in [0.2, 0.25) is 10.0 Å². The number of carbonyl (C=O) groups excluding carboxylic acids is 5. The topological polar surface area (TPSA) is 213 Å². The van der Waals surface area contributed by atoms with Crippen molar-refractivity contribution in [3.05, 3.63) is 68.8 Å². The van der Waals surface area contributed by atoms with Crippen molar-refractivity contribution in [1.29, 1.82) is 0 Å². The van der Waals surface area contributed by atoms with Crippen LogP contribution >= 0.6 is 34.5 Å². The van der Waals surface area contributed by atoms with Gasteiger partial charge in [0.25, 0.3) is 0 Å². The summed E-state index contributed by atoms with van der Waals surface area (Å²) >= 11 is 14.6. The number of likely N-dealkylation sites (N-methyl/N-ethyl adjacent to an activating group) is 1. The van der Waals surface area contributed by atoms with Gasteiger partial charge >= 0.3 is 0 Å². The lowest BCUT2D eigenvalue weighted by molar-refractivity contribution is -0.135. The zero-order valence-electron chi connectivity index (χ0n) is 38.6. The molecular weight excluding hydrogens is 942 g/mol. The van der Waals surface area contributed by atoms with Crippen molar-refractivity contribution in [2.45, 2.75) is 38.8 Å². The maximum Gasteiger partial charge on any atom is 0.248 e. The fourth-order valence-electron chi connectivity index (χ4n) is 7.61. The first-order valence-electron chi connectivity index (χ1n) is 22.7. The quantitative estimate of drug-likeness (QED) is 0.0502. The van der Waals surface area contributed by atoms with E-state index in [1.807, 2.05) is 43.4 Å². The summed E-state index contributed by atoms with van der Waals surface area (Å²) in [7, 11) is 3.84. The zero-order valence-corrected chi connectivity index (χ0v) is 40.9. The fraction of sp³-hybridized carbons (Fsp3) is 0.522. The molecule has 6 rings (SSSR count). The SMILES string of the molecule is CN(C)C/C=C/C(=O)N1CCN(c2ccc(CCC(=O)NCCOCCOCCOCCOCCC(=O)NCCn3ccc(-c4cc(Cl)c(Cl)c5[nH]c6c(c45)CN(C(=O)CO)CC6)n3)s2)C(=O)C1. The number of piperazine rings is 1. The van der Waals surface area contributed by atoms with E-state index in [4.69, 9.17) is 47.2 Å². The highest BCUT2D eigenvalue weighted by Crippen LogP contribution is 2.42. The molecule has 0 spiro atoms. The number of aliphatic hydroxyl groups excluding tert-OH is 1. The van der Waals surface area contributed by atoms with Crippen LogP contribution in [0.25, 0.3) is 22.2 Å². The molecule has 0 aliphatic carbocycles. The normalized spacial score (nSPS) is 14.1. The zero-order chi connectivity index (χ0) is 48.4. The van der Waals surface area contributed by atoms with Gasteiger partial charge in [-0.25, -0.2) is 0 Å². The second kappa shape index (κ2) is 26.7. The Kier molecular flexibility index (Phi) is 20.6. The number of hydrogen-bond acceptors (Lipinski definition) is 13. The predicted octanol–water partition coefficient (Wildman–Crippen LogP) is 2.89. The van der Waals surface area contributed by atoms with Gasteiger partial charge in [0.1, 0.15) is 13.2 Å². The van der Waals surface area contributed by atoms with Gasteiger partial charge in [-0.2, -0.15) is 5.10 Å². The molecule has 68 heavy (non-hydrogen) atoms. The largest absolute Gasteiger partial charge is 0.387 e. The highest BCUT2D eigenvalue weighted by Gasteiger charge is 2.29. The number of rotatable bonds is 27. The van der Waals surface area contributed by atoms with E-state index in [0.29, 0.717) is 139 Å². The van der Waals surface area contributed by atoms with Gasteiger partial charge < -0.3 is 59.3 Å². The van der Waals surface area contributed by atoms with Crippen molar-refractivity contribution in [3.8, 4) is 11.3 Å². The fourth-order valence-corrected chi connectivity index (χ4v) is 9.05. The third-order valence-corrected chi connectivity index (χ3v) is 13.1. The number of carbonyl (C=O) groups is 5. The summed E-state index contributed by atoms with van der Waals surface area (Å²) in [6.45, 7) is 5.91. The first-order valence-corrected chi connectivity index (χ1v) is 24.3. The van der Waals surface area contributed by atoms with Crippen molar-refractivity contribution in [1.82, 2.24) is 40.1 Å². The standard InChI is InChI=1S/C46H61Cl2N9O10S/c1-53(2)14-3-4-40(61)55-18-19-57(41(62)30-55)43-8-6-32(68-43)5-7-38(59)50-13-21-65-23-25-67-27-26-66-24-22-64-20-11-39(60)49-12-17-56-16-10-37(52-56)33-28-35(47)45(48)46-44(33)34-29-54(42(63)31-58)15-9-36(34)51-46/h3-4,6,8,10,16,28,51,58H,5,7,9,11-15,17-27,29-31H2,1-2H3,(H,49,60)(H,50,59)/b4-3+. The number of anilines is 1. The van der Waals surface area contributed by atoms with Crippen LogP contribution in [-0.2, 0) is 68.9 Å². The molecule has 19 nitrogen and oxygen atoms in total. The number of aliphatic hydroxyl groups is 1. The summed E-state index contributed by atoms with van der Waals surface area (Å²) in [5, 5.41) is 22.3. The Labute approximate surface area is 409 Å². The maximum absolute atomic E-state index is 12.8. The number of hydrogen-bond donors (Lipinski definition) is 4. The minimum absolute atomic E-state index is 0.0416. The van der Waals surface area contributed by atoms with Gasteiger partial charge in [-0.15, -0.1) is 11.3 Å². The van der Waals surface area contributed by atoms with Gasteiger partial charge in [-0.3, -0.25) is 28.7 Å². The molecule has 370 valence electrons. The van der Waals surface area contributed by atoms with Gasteiger partial charge in [0, 0.05) is 104 Å². The number of nitrogens with one attached hydrogen (secondary N) is 3. The van der Waals surface area contributed by atoms with Crippen LogP contribution in [0.1, 0.15) is 29.0 Å². The molecule has 22 heteroatoms. The summed E-state index contributed by atoms with van der Waals surface area (Å²) in [5.41, 5.74) is 4.01. The number of ether oxygens (including phenoxy) is 4. The molecule has 0 saturated carbocycles. The van der Waals surface area contributed by atoms with Crippen LogP contribution in [0, 0.1) is 0 Å². The molecule has 1 fully saturated rings. The van der Waals surface area contributed by atoms with E-state index in [1.54, 1.807) is 31.5 Å². The van der Waals surface area contributed by atoms with E-state index in [2.05, 4.69) is 15.6 Å². The smallest absolute Gasteiger partial charge is 0.248 e. The van der Waals surface area contributed by atoms with Crippen LogP contribution in [0.5, 0.6) is 0 Å². The Hall–Kier alpha value is -4.90. The average Bonchev–Trinajstić information content (AvgIpc) is 4.10. The summed E-state index contributed by atoms with van der Waals surface area (Å²) in [6.07, 6.45) is 6.81. The molecule has 0 bridgehead atoms. The lowest BCUT2D eigenvalue weighted by atomic mass is 9.99. The molecule has 4 aromatic rings. The van der Waals surface area contributed by atoms with Crippen molar-refractivity contribution in [2.75, 3.05) is 124 Å². The van der Waals surface area contributed by atoms with Gasteiger partial charge in [0.05, 0.1) is 85.7 Å². The van der Waals surface area contributed by atoms with E-state index in [-0.39, 0.29) is 49.1 Å². The van der Waals surface area contributed by atoms with Crippen LogP contribution in [0.15, 0.2) is 42.6 Å². The molecule has 5 heterocycles. The second-order valence-corrected chi connectivity index (χ2v) is 18.3. The van der Waals surface area contributed by atoms with Crippen LogP contribution in [-0.4, -0.2) is 183 Å². The minimum Gasteiger partial charge on any atom is -0.387 e. The van der Waals surface area contributed by atoms with Gasteiger partial charge in [-0.1, -0.05) is 29.3 Å². The summed E-state index contributed by atoms with van der Waals surface area (Å²) < 4.78 is 23.9. The average molecular weight is 1000 g/mol. The highest BCUT2D eigenvalue weighted by molar-refractivity contribution is 7.16. The Balaban J connectivity index is 0.736. The molecule has 0 atom stereocenters. The number of fused-ring (bicyclic) bond motifs is 3. The number of aromatic amines is 1. The predicted molar refractivity (Wildman–Crippen MR) is 259 cm³/mol. The van der Waals surface area contributed by atoms with Crippen molar-refractivity contribution < 1.29 is 48.0 Å². The van der Waals surface area contributed by atoms with Gasteiger partial charge in [-0.05, 0) is 44.8 Å². The minimum atomic E-state index is -0.552. The van der Waals surface area contributed by atoms with Crippen molar-refractivity contribution in [2.24, 2.45) is 0 Å². The number of halogens is 2. The number of nitrogens with zero attached hydrogens (tertiary/aromatic N) is 6. The number of aromatic nitrogens is 3. The first-order chi connectivity index (χ1) is 32.9. The molecule has 1 aromatic carbocycles. The summed E-state index contributed by atoms with van der Waals surface area (Å²) in [4.78, 5) is 73.5. The Bertz CT molecular complexity index is 2370. The van der Waals surface area contributed by atoms with Crippen LogP contribution in [0.4, 0.5) is 5.00 Å². The van der Waals surface area contributed by atoms with Crippen LogP contribution < -0.4 is 15.5 Å². The number of amides is 5. The molecule has 5 amide bonds. The first kappa shape index (κ1) is 52.5. The third-order valence-electron chi connectivity index (χ3n) is 11.1. The Morgan fingerprint density at radius 3 is 2.31 bits per heavy atom. The Morgan fingerprint density at radius 2 is 1.59 bits per heavy atom. The van der Waals surface area contributed by atoms with Crippen LogP contribution in [0.3, 0.4) is 0 Å². The monoisotopic (exact) mass is 1000 g/mol. The molecule has 0 radical (unpaired) electrons. The third kappa shape index (κ3) is 15.3. The summed E-state index contributed by atoms with van der Waals surface area (Å²) in [5.74, 6) is -0.844. The molecular formula is C46H61Cl2N9O10S. The van der Waals surface area contributed by atoms with Crippen molar-refractivity contribution >= 4 is 80.0 Å². The highest BCUT2D eigenvalue weighted by atomic mass is 35.5. The molecule has 1 saturated heterocycles. The second-order valence-electron chi connectivity index (χ2n) is 16.3. The molecule has 2 aliphatic heterocycles. The van der Waals surface area contributed by atoms with Gasteiger partial charge in [0.15, 0.2) is 0 Å². The van der Waals surface area contributed by atoms with E-state index in [0.717, 1.165) is 32.1 Å². The number of H-pyrrole nitrogens is 1. The lowest BCUT2D eigenvalue weighted by Crippen LogP contribution is -2.51. The summed E-state index contributed by atoms with van der Waals surface area (Å²) in [6, 6.07) is 7.47. The number of thiophene rings is 1. The van der Waals surface area contributed by atoms with Crippen molar-refractivity contribution in [3.63, 3.8) is 0 Å². The molecule has 3 aromatic heterocycles. The number of benzene rings is 1. The van der Waals surface area contributed by atoms with E-state index in [1.165, 1.54) is 17.4 Å². The maximum atomic E-state index is 12.8. The number of aryl methyl sites for hydroxylation is 1. The molecule has 2 aliphatic rings. The van der Waals surface area contributed by atoms with E-state index >= 15 is 0 Å². The molecule has 4 N–H and O–H groups in total. The van der Waals surface area contributed by atoms with E-state index < -0.39 is 6.61 Å². The lowest BCUT2D eigenvalue weighted by Gasteiger charge is -2.33.